The summed E-state index contributed by atoms with van der Waals surface area (Å²) in [6.07, 6.45) is 6.38. The topological polar surface area (TPSA) is 75.4 Å². The van der Waals surface area contributed by atoms with Gasteiger partial charge in [0.2, 0.25) is 0 Å². The number of amides is 1. The average molecular weight is 339 g/mol. The number of fused-ring (bicyclic) bond motifs is 1. The highest BCUT2D eigenvalue weighted by molar-refractivity contribution is 5.95. The van der Waals surface area contributed by atoms with Gasteiger partial charge in [0.15, 0.2) is 5.69 Å². The molecule has 1 aliphatic heterocycles. The van der Waals surface area contributed by atoms with Gasteiger partial charge in [-0.05, 0) is 43.4 Å². The molecule has 3 atom stereocenters. The zero-order valence-corrected chi connectivity index (χ0v) is 13.9. The van der Waals surface area contributed by atoms with Crippen molar-refractivity contribution in [3.8, 4) is 5.69 Å². The lowest BCUT2D eigenvalue weighted by Crippen LogP contribution is -2.46. The number of carbonyl (C=O) groups excluding carboxylic acids is 1. The van der Waals surface area contributed by atoms with Crippen LogP contribution in [-0.2, 0) is 4.79 Å². The van der Waals surface area contributed by atoms with Gasteiger partial charge in [0.25, 0.3) is 5.91 Å². The summed E-state index contributed by atoms with van der Waals surface area (Å²) in [4.78, 5) is 26.3. The number of aromatic nitrogens is 2. The van der Waals surface area contributed by atoms with E-state index in [4.69, 9.17) is 0 Å². The molecule has 1 aromatic carbocycles. The van der Waals surface area contributed by atoms with Crippen LogP contribution in [0.3, 0.4) is 0 Å². The number of benzene rings is 1. The number of carboxylic acid groups (broad SMARTS) is 1. The minimum Gasteiger partial charge on any atom is -0.480 e. The molecule has 25 heavy (non-hydrogen) atoms. The van der Waals surface area contributed by atoms with E-state index in [2.05, 4.69) is 5.10 Å². The number of hydrogen-bond acceptors (Lipinski definition) is 3. The minimum absolute atomic E-state index is 0.0317. The monoisotopic (exact) mass is 339 g/mol. The second-order valence-electron chi connectivity index (χ2n) is 6.90. The molecule has 1 amide bonds. The molecule has 2 aromatic rings. The van der Waals surface area contributed by atoms with Gasteiger partial charge in [-0.25, -0.2) is 9.48 Å². The SMILES string of the molecule is O=C(O)[C@@H]1C[C@H]2CCCC[C@H]2N1C(=O)c1ccn(-c2ccccc2)n1. The highest BCUT2D eigenvalue weighted by Gasteiger charge is 2.48. The van der Waals surface area contributed by atoms with Crippen LogP contribution in [0.5, 0.6) is 0 Å². The summed E-state index contributed by atoms with van der Waals surface area (Å²) in [6, 6.07) is 10.5. The number of hydrogen-bond donors (Lipinski definition) is 1. The molecule has 4 rings (SSSR count). The molecular formula is C19H21N3O3. The summed E-state index contributed by atoms with van der Waals surface area (Å²) in [5.41, 5.74) is 1.18. The largest absolute Gasteiger partial charge is 0.480 e. The van der Waals surface area contributed by atoms with E-state index in [1.165, 1.54) is 0 Å². The smallest absolute Gasteiger partial charge is 0.326 e. The Balaban J connectivity index is 1.63. The van der Waals surface area contributed by atoms with Gasteiger partial charge in [-0.1, -0.05) is 31.0 Å². The van der Waals surface area contributed by atoms with Crippen LogP contribution in [0, 0.1) is 5.92 Å². The van der Waals surface area contributed by atoms with Gasteiger partial charge in [-0.3, -0.25) is 4.79 Å². The van der Waals surface area contributed by atoms with Crippen LogP contribution in [0.2, 0.25) is 0 Å². The molecule has 6 heteroatoms. The van der Waals surface area contributed by atoms with Gasteiger partial charge in [0, 0.05) is 12.2 Å². The van der Waals surface area contributed by atoms with E-state index in [1.54, 1.807) is 21.8 Å². The lowest BCUT2D eigenvalue weighted by atomic mass is 9.84. The normalized spacial score (nSPS) is 25.6. The maximum absolute atomic E-state index is 13.0. The summed E-state index contributed by atoms with van der Waals surface area (Å²) in [5.74, 6) is -0.878. The van der Waals surface area contributed by atoms with Crippen molar-refractivity contribution in [3.63, 3.8) is 0 Å². The zero-order valence-electron chi connectivity index (χ0n) is 13.9. The van der Waals surface area contributed by atoms with Crippen molar-refractivity contribution in [2.75, 3.05) is 0 Å². The molecule has 0 radical (unpaired) electrons. The van der Waals surface area contributed by atoms with Gasteiger partial charge < -0.3 is 10.0 Å². The number of likely N-dealkylation sites (tertiary alicyclic amines) is 1. The Morgan fingerprint density at radius 3 is 2.60 bits per heavy atom. The quantitative estimate of drug-likeness (QED) is 0.933. The fraction of sp³-hybridized carbons (Fsp3) is 0.421. The molecule has 130 valence electrons. The van der Waals surface area contributed by atoms with Gasteiger partial charge in [0.1, 0.15) is 6.04 Å². The molecule has 1 aliphatic carbocycles. The third-order valence-electron chi connectivity index (χ3n) is 5.44. The van der Waals surface area contributed by atoms with Gasteiger partial charge in [-0.15, -0.1) is 0 Å². The van der Waals surface area contributed by atoms with Crippen molar-refractivity contribution in [1.29, 1.82) is 0 Å². The highest BCUT2D eigenvalue weighted by Crippen LogP contribution is 2.40. The summed E-state index contributed by atoms with van der Waals surface area (Å²) < 4.78 is 1.65. The second kappa shape index (κ2) is 6.35. The van der Waals surface area contributed by atoms with E-state index in [0.717, 1.165) is 31.4 Å². The van der Waals surface area contributed by atoms with Crippen LogP contribution in [0.15, 0.2) is 42.6 Å². The Kier molecular flexibility index (Phi) is 4.03. The standard InChI is InChI=1S/C19H21N3O3/c23-18(15-10-11-21(20-15)14-7-2-1-3-8-14)22-16-9-5-4-6-13(16)12-17(22)19(24)25/h1-3,7-8,10-11,13,16-17H,4-6,9,12H2,(H,24,25)/t13-,16-,17+/m1/s1. The molecule has 2 fully saturated rings. The van der Waals surface area contributed by atoms with Crippen molar-refractivity contribution in [2.24, 2.45) is 5.92 Å². The summed E-state index contributed by atoms with van der Waals surface area (Å²) in [7, 11) is 0. The molecule has 1 aromatic heterocycles. The predicted molar refractivity (Wildman–Crippen MR) is 91.5 cm³/mol. The van der Waals surface area contributed by atoms with Gasteiger partial charge in [0.05, 0.1) is 5.69 Å². The number of rotatable bonds is 3. The maximum Gasteiger partial charge on any atom is 0.326 e. The van der Waals surface area contributed by atoms with E-state index in [-0.39, 0.29) is 11.9 Å². The average Bonchev–Trinajstić information content (AvgIpc) is 3.27. The molecule has 1 saturated carbocycles. The summed E-state index contributed by atoms with van der Waals surface area (Å²) >= 11 is 0. The van der Waals surface area contributed by atoms with Crippen molar-refractivity contribution in [1.82, 2.24) is 14.7 Å². The van der Waals surface area contributed by atoms with Crippen LogP contribution >= 0.6 is 0 Å². The number of carbonyl (C=O) groups is 2. The first-order chi connectivity index (χ1) is 12.1. The third kappa shape index (κ3) is 2.81. The minimum atomic E-state index is -0.912. The Morgan fingerprint density at radius 1 is 1.08 bits per heavy atom. The molecule has 1 N–H and O–H groups in total. The Labute approximate surface area is 146 Å². The number of para-hydroxylation sites is 1. The number of nitrogens with zero attached hydrogens (tertiary/aromatic N) is 3. The second-order valence-corrected chi connectivity index (χ2v) is 6.90. The first-order valence-corrected chi connectivity index (χ1v) is 8.81. The number of aliphatic carboxylic acids is 1. The van der Waals surface area contributed by atoms with E-state index < -0.39 is 12.0 Å². The van der Waals surface area contributed by atoms with E-state index in [1.807, 2.05) is 30.3 Å². The predicted octanol–water partition coefficient (Wildman–Crippen LogP) is 2.73. The molecule has 6 nitrogen and oxygen atoms in total. The Hall–Kier alpha value is -2.63. The fourth-order valence-corrected chi connectivity index (χ4v) is 4.27. The number of carboxylic acids is 1. The van der Waals surface area contributed by atoms with E-state index in [0.29, 0.717) is 18.0 Å². The van der Waals surface area contributed by atoms with Crippen LogP contribution in [0.1, 0.15) is 42.6 Å². The van der Waals surface area contributed by atoms with E-state index in [9.17, 15) is 14.7 Å². The van der Waals surface area contributed by atoms with Crippen molar-refractivity contribution in [3.05, 3.63) is 48.3 Å². The van der Waals surface area contributed by atoms with E-state index >= 15 is 0 Å². The molecule has 1 saturated heterocycles. The first kappa shape index (κ1) is 15.9. The maximum atomic E-state index is 13.0. The van der Waals surface area contributed by atoms with Gasteiger partial charge >= 0.3 is 5.97 Å². The van der Waals surface area contributed by atoms with Crippen molar-refractivity contribution < 1.29 is 14.7 Å². The van der Waals surface area contributed by atoms with Crippen LogP contribution in [-0.4, -0.2) is 43.7 Å². The summed E-state index contributed by atoms with van der Waals surface area (Å²) in [5, 5.41) is 14.0. The van der Waals surface area contributed by atoms with Crippen LogP contribution < -0.4 is 0 Å². The fourth-order valence-electron chi connectivity index (χ4n) is 4.27. The summed E-state index contributed by atoms with van der Waals surface area (Å²) in [6.45, 7) is 0. The Morgan fingerprint density at radius 2 is 1.84 bits per heavy atom. The van der Waals surface area contributed by atoms with Crippen LogP contribution in [0.4, 0.5) is 0 Å². The third-order valence-corrected chi connectivity index (χ3v) is 5.44. The molecule has 0 bridgehead atoms. The molecule has 0 spiro atoms. The molecule has 2 heterocycles. The molecular weight excluding hydrogens is 318 g/mol. The lowest BCUT2D eigenvalue weighted by Gasteiger charge is -2.32. The van der Waals surface area contributed by atoms with Crippen molar-refractivity contribution >= 4 is 11.9 Å². The zero-order chi connectivity index (χ0) is 17.4. The molecule has 0 unspecified atom stereocenters. The lowest BCUT2D eigenvalue weighted by molar-refractivity contribution is -0.141. The van der Waals surface area contributed by atoms with Crippen LogP contribution in [0.25, 0.3) is 5.69 Å². The Bertz CT molecular complexity index is 786. The van der Waals surface area contributed by atoms with Crippen molar-refractivity contribution in [2.45, 2.75) is 44.2 Å². The molecule has 2 aliphatic rings. The van der Waals surface area contributed by atoms with Gasteiger partial charge in [-0.2, -0.15) is 5.10 Å². The first-order valence-electron chi connectivity index (χ1n) is 8.81. The highest BCUT2D eigenvalue weighted by atomic mass is 16.4.